The Balaban J connectivity index is 0.00000225. The molecule has 6 heteroatoms. The van der Waals surface area contributed by atoms with Gasteiger partial charge in [0.05, 0.1) is 12.8 Å². The molecule has 0 aliphatic carbocycles. The minimum absolute atomic E-state index is 0. The van der Waals surface area contributed by atoms with Crippen LogP contribution in [0.5, 0.6) is 17.2 Å². The molecule has 0 aromatic heterocycles. The van der Waals surface area contributed by atoms with Gasteiger partial charge in [0, 0.05) is 39.1 Å². The number of nitrogens with zero attached hydrogens (tertiary/aromatic N) is 2. The van der Waals surface area contributed by atoms with Crippen molar-refractivity contribution in [3.8, 4) is 17.2 Å². The minimum Gasteiger partial charge on any atom is -0.495 e. The molecule has 2 aliphatic rings. The first kappa shape index (κ1) is 20.6. The molecule has 1 atom stereocenters. The van der Waals surface area contributed by atoms with Gasteiger partial charge in [0.25, 0.3) is 0 Å². The number of para-hydroxylation sites is 4. The first-order chi connectivity index (χ1) is 13.2. The summed E-state index contributed by atoms with van der Waals surface area (Å²) in [7, 11) is 1.74. The number of rotatable bonds is 5. The highest BCUT2D eigenvalue weighted by molar-refractivity contribution is 5.85. The fourth-order valence-corrected chi connectivity index (χ4v) is 3.80. The molecule has 0 bridgehead atoms. The zero-order valence-electron chi connectivity index (χ0n) is 16.6. The Kier molecular flexibility index (Phi) is 6.57. The summed E-state index contributed by atoms with van der Waals surface area (Å²) in [5, 5.41) is 0. The summed E-state index contributed by atoms with van der Waals surface area (Å²) in [6.45, 7) is 7.88. The second-order valence-corrected chi connectivity index (χ2v) is 7.54. The summed E-state index contributed by atoms with van der Waals surface area (Å²) in [6, 6.07) is 16.2. The molecule has 0 spiro atoms. The Morgan fingerprint density at radius 2 is 1.64 bits per heavy atom. The maximum Gasteiger partial charge on any atom is 0.162 e. The number of benzene rings is 2. The highest BCUT2D eigenvalue weighted by Crippen LogP contribution is 2.36. The van der Waals surface area contributed by atoms with E-state index in [0.717, 1.165) is 56.4 Å². The third-order valence-corrected chi connectivity index (χ3v) is 5.49. The number of hydrogen-bond acceptors (Lipinski definition) is 5. The van der Waals surface area contributed by atoms with E-state index in [9.17, 15) is 0 Å². The van der Waals surface area contributed by atoms with Gasteiger partial charge >= 0.3 is 0 Å². The van der Waals surface area contributed by atoms with Gasteiger partial charge in [-0.25, -0.2) is 0 Å². The van der Waals surface area contributed by atoms with Crippen molar-refractivity contribution in [3.63, 3.8) is 0 Å². The van der Waals surface area contributed by atoms with Gasteiger partial charge in [0.2, 0.25) is 0 Å². The second kappa shape index (κ2) is 8.93. The molecule has 2 aliphatic heterocycles. The second-order valence-electron chi connectivity index (χ2n) is 7.54. The van der Waals surface area contributed by atoms with Crippen LogP contribution < -0.4 is 19.1 Å². The molecule has 0 amide bonds. The third-order valence-electron chi connectivity index (χ3n) is 5.49. The molecule has 28 heavy (non-hydrogen) atoms. The summed E-state index contributed by atoms with van der Waals surface area (Å²) in [5.74, 6) is 2.65. The summed E-state index contributed by atoms with van der Waals surface area (Å²) in [5.41, 5.74) is 0.918. The number of fused-ring (bicyclic) bond motifs is 1. The summed E-state index contributed by atoms with van der Waals surface area (Å²) in [4.78, 5) is 4.93. The van der Waals surface area contributed by atoms with E-state index in [1.54, 1.807) is 7.11 Å². The topological polar surface area (TPSA) is 34.2 Å². The number of piperazine rings is 1. The Hall–Kier alpha value is -2.11. The summed E-state index contributed by atoms with van der Waals surface area (Å²) in [6.07, 6.45) is 0.954. The Morgan fingerprint density at radius 1 is 0.964 bits per heavy atom. The monoisotopic (exact) mass is 404 g/mol. The highest BCUT2D eigenvalue weighted by atomic mass is 35.5. The largest absolute Gasteiger partial charge is 0.495 e. The predicted octanol–water partition coefficient (Wildman–Crippen LogP) is 3.86. The van der Waals surface area contributed by atoms with Crippen LogP contribution in [-0.4, -0.2) is 56.9 Å². The van der Waals surface area contributed by atoms with Crippen LogP contribution in [0.2, 0.25) is 0 Å². The molecule has 0 saturated carbocycles. The SMILES string of the molecule is COc1ccccc1N1CCN(CCC2(C)COc3ccccc3O2)CC1.Cl. The Labute approximate surface area is 173 Å². The number of hydrogen-bond donors (Lipinski definition) is 0. The van der Waals surface area contributed by atoms with E-state index in [2.05, 4.69) is 28.9 Å². The van der Waals surface area contributed by atoms with E-state index < -0.39 is 0 Å². The molecule has 2 aromatic carbocycles. The minimum atomic E-state index is -0.270. The quantitative estimate of drug-likeness (QED) is 0.755. The normalized spacial score (nSPS) is 21.7. The van der Waals surface area contributed by atoms with Gasteiger partial charge in [-0.2, -0.15) is 0 Å². The van der Waals surface area contributed by atoms with Gasteiger partial charge < -0.3 is 19.1 Å². The van der Waals surface area contributed by atoms with Crippen molar-refractivity contribution in [2.75, 3.05) is 51.3 Å². The maximum atomic E-state index is 6.25. The van der Waals surface area contributed by atoms with Crippen molar-refractivity contribution in [1.82, 2.24) is 4.90 Å². The molecule has 5 nitrogen and oxygen atoms in total. The first-order valence-corrected chi connectivity index (χ1v) is 9.68. The van der Waals surface area contributed by atoms with Crippen LogP contribution in [0, 0.1) is 0 Å². The van der Waals surface area contributed by atoms with Crippen LogP contribution >= 0.6 is 12.4 Å². The predicted molar refractivity (Wildman–Crippen MR) is 114 cm³/mol. The average Bonchev–Trinajstić information content (AvgIpc) is 2.72. The van der Waals surface area contributed by atoms with E-state index in [1.807, 2.05) is 36.4 Å². The standard InChI is InChI=1S/C22H28N2O3.ClH/c1-22(17-26-20-9-5-6-10-21(20)27-22)11-12-23-13-15-24(16-14-23)18-7-3-4-8-19(18)25-2;/h3-10H,11-17H2,1-2H3;1H. The van der Waals surface area contributed by atoms with E-state index in [4.69, 9.17) is 14.2 Å². The molecule has 2 aromatic rings. The van der Waals surface area contributed by atoms with E-state index in [0.29, 0.717) is 6.61 Å². The fraction of sp³-hybridized carbons (Fsp3) is 0.455. The van der Waals surface area contributed by atoms with Crippen LogP contribution in [0.15, 0.2) is 48.5 Å². The molecule has 1 fully saturated rings. The molecule has 4 rings (SSSR count). The van der Waals surface area contributed by atoms with Crippen molar-refractivity contribution in [3.05, 3.63) is 48.5 Å². The molecule has 0 N–H and O–H groups in total. The summed E-state index contributed by atoms with van der Waals surface area (Å²) < 4.78 is 17.7. The van der Waals surface area contributed by atoms with Gasteiger partial charge in [-0.15, -0.1) is 12.4 Å². The highest BCUT2D eigenvalue weighted by Gasteiger charge is 2.33. The van der Waals surface area contributed by atoms with E-state index in [-0.39, 0.29) is 18.0 Å². The summed E-state index contributed by atoms with van der Waals surface area (Å²) >= 11 is 0. The van der Waals surface area contributed by atoms with Crippen LogP contribution in [-0.2, 0) is 0 Å². The van der Waals surface area contributed by atoms with Crippen molar-refractivity contribution in [2.24, 2.45) is 0 Å². The lowest BCUT2D eigenvalue weighted by Crippen LogP contribution is -2.50. The van der Waals surface area contributed by atoms with Crippen molar-refractivity contribution in [2.45, 2.75) is 18.9 Å². The van der Waals surface area contributed by atoms with E-state index in [1.165, 1.54) is 5.69 Å². The van der Waals surface area contributed by atoms with Crippen molar-refractivity contribution in [1.29, 1.82) is 0 Å². The maximum absolute atomic E-state index is 6.25. The molecule has 2 heterocycles. The lowest BCUT2D eigenvalue weighted by atomic mass is 10.0. The zero-order chi connectivity index (χ0) is 18.7. The number of halogens is 1. The lowest BCUT2D eigenvalue weighted by Gasteiger charge is -2.40. The fourth-order valence-electron chi connectivity index (χ4n) is 3.80. The number of ether oxygens (including phenoxy) is 3. The molecule has 0 radical (unpaired) electrons. The van der Waals surface area contributed by atoms with Gasteiger partial charge in [0.15, 0.2) is 11.5 Å². The number of anilines is 1. The van der Waals surface area contributed by atoms with Gasteiger partial charge in [-0.3, -0.25) is 4.90 Å². The molecule has 1 saturated heterocycles. The van der Waals surface area contributed by atoms with Crippen LogP contribution in [0.25, 0.3) is 0 Å². The number of methoxy groups -OCH3 is 1. The molecular weight excluding hydrogens is 376 g/mol. The first-order valence-electron chi connectivity index (χ1n) is 9.68. The van der Waals surface area contributed by atoms with Crippen LogP contribution in [0.3, 0.4) is 0 Å². The molecular formula is C22H29ClN2O3. The third kappa shape index (κ3) is 4.47. The Morgan fingerprint density at radius 3 is 2.39 bits per heavy atom. The molecule has 1 unspecified atom stereocenters. The van der Waals surface area contributed by atoms with Gasteiger partial charge in [-0.1, -0.05) is 24.3 Å². The van der Waals surface area contributed by atoms with Gasteiger partial charge in [0.1, 0.15) is 18.0 Å². The molecule has 152 valence electrons. The van der Waals surface area contributed by atoms with Gasteiger partial charge in [-0.05, 0) is 31.2 Å². The van der Waals surface area contributed by atoms with Crippen molar-refractivity contribution < 1.29 is 14.2 Å². The van der Waals surface area contributed by atoms with E-state index >= 15 is 0 Å². The van der Waals surface area contributed by atoms with Crippen LogP contribution in [0.4, 0.5) is 5.69 Å². The average molecular weight is 405 g/mol. The zero-order valence-corrected chi connectivity index (χ0v) is 17.4. The smallest absolute Gasteiger partial charge is 0.162 e. The Bertz CT molecular complexity index is 780. The van der Waals surface area contributed by atoms with Crippen LogP contribution in [0.1, 0.15) is 13.3 Å². The lowest BCUT2D eigenvalue weighted by molar-refractivity contribution is -0.00721. The van der Waals surface area contributed by atoms with Crippen molar-refractivity contribution >= 4 is 18.1 Å².